The SMILES string of the molecule is N[C@@H](CC=C(CCC[18F])C(=O)O)C(=O)O. The van der Waals surface area contributed by atoms with Crippen LogP contribution in [0.25, 0.3) is 0 Å². The number of nitrogens with two attached hydrogens (primary N) is 1. The molecule has 1 atom stereocenters. The molecule has 0 spiro atoms. The number of hydrogen-bond acceptors (Lipinski definition) is 3. The van der Waals surface area contributed by atoms with Crippen LogP contribution in [0.3, 0.4) is 0 Å². The summed E-state index contributed by atoms with van der Waals surface area (Å²) in [5.74, 6) is -2.36. The molecule has 0 aliphatic heterocycles. The fraction of sp³-hybridized carbons (Fsp3) is 0.556. The Morgan fingerprint density at radius 3 is 2.40 bits per heavy atom. The Morgan fingerprint density at radius 2 is 2.00 bits per heavy atom. The fourth-order valence-corrected chi connectivity index (χ4v) is 0.924. The lowest BCUT2D eigenvalue weighted by molar-refractivity contribution is -0.138. The molecule has 86 valence electrons. The minimum absolute atomic E-state index is 0.00403. The van der Waals surface area contributed by atoms with Gasteiger partial charge in [0.2, 0.25) is 0 Å². The highest BCUT2D eigenvalue weighted by atomic mass is 18.2. The van der Waals surface area contributed by atoms with Crippen molar-refractivity contribution in [2.75, 3.05) is 6.67 Å². The number of carboxylic acid groups (broad SMARTS) is 2. The van der Waals surface area contributed by atoms with Crippen LogP contribution in [0, 0.1) is 0 Å². The Hall–Kier alpha value is -1.43. The molecule has 0 aromatic carbocycles. The van der Waals surface area contributed by atoms with Crippen molar-refractivity contribution in [2.45, 2.75) is 25.3 Å². The molecule has 0 saturated carbocycles. The molecule has 0 aromatic heterocycles. The first-order chi connectivity index (χ1) is 6.99. The van der Waals surface area contributed by atoms with Gasteiger partial charge in [-0.15, -0.1) is 0 Å². The maximum atomic E-state index is 11.8. The van der Waals surface area contributed by atoms with E-state index in [-0.39, 0.29) is 24.8 Å². The van der Waals surface area contributed by atoms with Crippen LogP contribution < -0.4 is 5.73 Å². The second-order valence-electron chi connectivity index (χ2n) is 3.01. The summed E-state index contributed by atoms with van der Waals surface area (Å²) in [6.45, 7) is -0.602. The predicted octanol–water partition coefficient (Wildman–Crippen LogP) is 0.549. The molecule has 15 heavy (non-hydrogen) atoms. The number of aliphatic carboxylic acids is 2. The molecule has 0 fully saturated rings. The Labute approximate surface area is 86.4 Å². The van der Waals surface area contributed by atoms with Crippen LogP contribution in [0.4, 0.5) is 4.39 Å². The molecule has 0 saturated heterocycles. The Kier molecular flexibility index (Phi) is 6.28. The first-order valence-corrected chi connectivity index (χ1v) is 4.45. The molecule has 0 radical (unpaired) electrons. The molecule has 0 aliphatic rings. The topological polar surface area (TPSA) is 101 Å². The predicted molar refractivity (Wildman–Crippen MR) is 51.2 cm³/mol. The zero-order valence-corrected chi connectivity index (χ0v) is 8.15. The Balaban J connectivity index is 4.29. The fourth-order valence-electron chi connectivity index (χ4n) is 0.924. The average Bonchev–Trinajstić information content (AvgIpc) is 2.16. The summed E-state index contributed by atoms with van der Waals surface area (Å²) in [6.07, 6.45) is 1.36. The first kappa shape index (κ1) is 13.6. The highest BCUT2D eigenvalue weighted by Crippen LogP contribution is 2.08. The summed E-state index contributed by atoms with van der Waals surface area (Å²) in [6, 6.07) is -1.12. The van der Waals surface area contributed by atoms with Crippen LogP contribution in [0.15, 0.2) is 11.6 Å². The third-order valence-electron chi connectivity index (χ3n) is 1.79. The van der Waals surface area contributed by atoms with Crippen molar-refractivity contribution in [1.82, 2.24) is 0 Å². The third kappa shape index (κ3) is 5.79. The molecule has 0 unspecified atom stereocenters. The lowest BCUT2D eigenvalue weighted by Crippen LogP contribution is -2.29. The summed E-state index contributed by atoms with van der Waals surface area (Å²) in [4.78, 5) is 20.9. The van der Waals surface area contributed by atoms with Crippen molar-refractivity contribution in [3.8, 4) is 0 Å². The van der Waals surface area contributed by atoms with Crippen LogP contribution in [0.2, 0.25) is 0 Å². The maximum Gasteiger partial charge on any atom is 0.331 e. The van der Waals surface area contributed by atoms with Crippen molar-refractivity contribution in [3.63, 3.8) is 0 Å². The third-order valence-corrected chi connectivity index (χ3v) is 1.79. The van der Waals surface area contributed by atoms with E-state index in [4.69, 9.17) is 15.9 Å². The van der Waals surface area contributed by atoms with Crippen molar-refractivity contribution in [3.05, 3.63) is 11.6 Å². The highest BCUT2D eigenvalue weighted by molar-refractivity contribution is 5.86. The lowest BCUT2D eigenvalue weighted by Gasteiger charge is -2.04. The standard InChI is InChI=1S/C9H14FNO4/c10-5-1-2-6(8(12)13)3-4-7(11)9(14)15/h3,7H,1-2,4-5,11H2,(H,12,13)(H,14,15)/t7-/m0/s1/i10-1. The van der Waals surface area contributed by atoms with E-state index in [0.29, 0.717) is 0 Å². The van der Waals surface area contributed by atoms with Gasteiger partial charge in [0, 0.05) is 5.57 Å². The lowest BCUT2D eigenvalue weighted by atomic mass is 10.1. The molecule has 6 heteroatoms. The molecule has 4 N–H and O–H groups in total. The van der Waals surface area contributed by atoms with Crippen LogP contribution in [-0.2, 0) is 9.59 Å². The Morgan fingerprint density at radius 1 is 1.40 bits per heavy atom. The van der Waals surface area contributed by atoms with Gasteiger partial charge in [-0.3, -0.25) is 9.18 Å². The number of halogens is 1. The molecule has 5 nitrogen and oxygen atoms in total. The molecule has 0 rings (SSSR count). The van der Waals surface area contributed by atoms with Crippen molar-refractivity contribution < 1.29 is 24.2 Å². The molecule has 0 aliphatic carbocycles. The van der Waals surface area contributed by atoms with Gasteiger partial charge in [-0.25, -0.2) is 4.79 Å². The number of carbonyl (C=O) groups is 2. The normalized spacial score (nSPS) is 13.6. The molecule has 0 amide bonds. The van der Waals surface area contributed by atoms with Crippen LogP contribution >= 0.6 is 0 Å². The number of alkyl halides is 1. The van der Waals surface area contributed by atoms with Crippen LogP contribution in [0.5, 0.6) is 0 Å². The van der Waals surface area contributed by atoms with E-state index in [1.165, 1.54) is 6.08 Å². The molecular formula is C9H14FNO4. The zero-order valence-electron chi connectivity index (χ0n) is 8.15. The number of carboxylic acids is 2. The second-order valence-corrected chi connectivity index (χ2v) is 3.01. The van der Waals surface area contributed by atoms with Gasteiger partial charge in [0.25, 0.3) is 0 Å². The highest BCUT2D eigenvalue weighted by Gasteiger charge is 2.12. The van der Waals surface area contributed by atoms with E-state index in [2.05, 4.69) is 0 Å². The maximum absolute atomic E-state index is 11.8. The van der Waals surface area contributed by atoms with E-state index in [1.54, 1.807) is 0 Å². The summed E-state index contributed by atoms with van der Waals surface area (Å²) < 4.78 is 11.8. The van der Waals surface area contributed by atoms with Gasteiger partial charge in [0.05, 0.1) is 6.67 Å². The molecular weight excluding hydrogens is 204 g/mol. The van der Waals surface area contributed by atoms with Gasteiger partial charge in [-0.2, -0.15) is 0 Å². The summed E-state index contributed by atoms with van der Waals surface area (Å²) in [7, 11) is 0. The second kappa shape index (κ2) is 6.94. The summed E-state index contributed by atoms with van der Waals surface area (Å²) in [5, 5.41) is 17.1. The van der Waals surface area contributed by atoms with Crippen molar-refractivity contribution >= 4 is 11.9 Å². The Bertz CT molecular complexity index is 265. The minimum atomic E-state index is -1.19. The van der Waals surface area contributed by atoms with Crippen molar-refractivity contribution in [1.29, 1.82) is 0 Å². The quantitative estimate of drug-likeness (QED) is 0.542. The smallest absolute Gasteiger partial charge is 0.331 e. The zero-order chi connectivity index (χ0) is 11.8. The summed E-state index contributed by atoms with van der Waals surface area (Å²) >= 11 is 0. The van der Waals surface area contributed by atoms with E-state index in [0.717, 1.165) is 0 Å². The monoisotopic (exact) mass is 218 g/mol. The molecule has 0 bridgehead atoms. The van der Waals surface area contributed by atoms with E-state index < -0.39 is 24.7 Å². The van der Waals surface area contributed by atoms with Gasteiger partial charge in [-0.05, 0) is 19.3 Å². The average molecular weight is 218 g/mol. The van der Waals surface area contributed by atoms with Gasteiger partial charge in [-0.1, -0.05) is 6.08 Å². The number of rotatable bonds is 7. The van der Waals surface area contributed by atoms with Gasteiger partial charge < -0.3 is 15.9 Å². The summed E-state index contributed by atoms with van der Waals surface area (Å²) in [5.41, 5.74) is 5.19. The van der Waals surface area contributed by atoms with Crippen LogP contribution in [0.1, 0.15) is 19.3 Å². The van der Waals surface area contributed by atoms with Gasteiger partial charge >= 0.3 is 11.9 Å². The largest absolute Gasteiger partial charge is 0.480 e. The van der Waals surface area contributed by atoms with E-state index in [9.17, 15) is 14.0 Å². The molecule has 0 heterocycles. The van der Waals surface area contributed by atoms with E-state index in [1.807, 2.05) is 0 Å². The van der Waals surface area contributed by atoms with Gasteiger partial charge in [0.1, 0.15) is 6.04 Å². The minimum Gasteiger partial charge on any atom is -0.480 e. The first-order valence-electron chi connectivity index (χ1n) is 4.45. The molecule has 0 aromatic rings. The number of hydrogen-bond donors (Lipinski definition) is 3. The van der Waals surface area contributed by atoms with Crippen molar-refractivity contribution in [2.24, 2.45) is 5.73 Å². The van der Waals surface area contributed by atoms with Gasteiger partial charge in [0.15, 0.2) is 0 Å². The van der Waals surface area contributed by atoms with Crippen LogP contribution in [-0.4, -0.2) is 34.9 Å². The van der Waals surface area contributed by atoms with E-state index >= 15 is 0 Å².